The van der Waals surface area contributed by atoms with E-state index in [1.165, 1.54) is 44.2 Å². The van der Waals surface area contributed by atoms with Crippen LogP contribution < -0.4 is 9.46 Å². The molecule has 0 unspecified atom stereocenters. The predicted octanol–water partition coefficient (Wildman–Crippen LogP) is 3.76. The Balaban J connectivity index is 1.36. The van der Waals surface area contributed by atoms with Gasteiger partial charge in [0.1, 0.15) is 5.82 Å². The molecule has 3 heterocycles. The van der Waals surface area contributed by atoms with E-state index in [1.54, 1.807) is 24.3 Å². The molecule has 0 bridgehead atoms. The van der Waals surface area contributed by atoms with Crippen molar-refractivity contribution >= 4 is 49.4 Å². The van der Waals surface area contributed by atoms with Crippen LogP contribution in [0, 0.1) is 0 Å². The van der Waals surface area contributed by atoms with Crippen LogP contribution in [-0.2, 0) is 14.8 Å². The minimum atomic E-state index is -3.91. The smallest absolute Gasteiger partial charge is 0.263 e. The van der Waals surface area contributed by atoms with Crippen molar-refractivity contribution in [2.24, 2.45) is 0 Å². The zero-order chi connectivity index (χ0) is 25.5. The lowest BCUT2D eigenvalue weighted by Gasteiger charge is -2.14. The molecule has 0 radical (unpaired) electrons. The number of pyridine rings is 2. The summed E-state index contributed by atoms with van der Waals surface area (Å²) < 4.78 is 34.0. The van der Waals surface area contributed by atoms with E-state index in [1.807, 2.05) is 0 Å². The molecule has 1 N–H and O–H groups in total. The average Bonchev–Trinajstić information content (AvgIpc) is 3.38. The summed E-state index contributed by atoms with van der Waals surface area (Å²) in [6, 6.07) is 11.1. The first-order chi connectivity index (χ1) is 17.3. The summed E-state index contributed by atoms with van der Waals surface area (Å²) in [5.41, 5.74) is 0.938. The lowest BCUT2D eigenvalue weighted by molar-refractivity contribution is -0.109. The minimum Gasteiger partial charge on any atom is -0.478 e. The van der Waals surface area contributed by atoms with Gasteiger partial charge in [-0.15, -0.1) is 0 Å². The number of benzene rings is 1. The van der Waals surface area contributed by atoms with Crippen molar-refractivity contribution in [1.29, 1.82) is 0 Å². The Bertz CT molecular complexity index is 1340. The third-order valence-corrected chi connectivity index (χ3v) is 7.91. The molecule has 0 amide bonds. The number of carbonyl (C=O) groups excluding carboxylic acids is 2. The topological polar surface area (TPSA) is 119 Å². The molecule has 2 aromatic heterocycles. The number of likely N-dealkylation sites (tertiary alicyclic amines) is 1. The SMILES string of the molecule is CC(=O)SCC(=O)c1ccc(NS(=O)(=O)c2ccc3nc(OCCCN4CCCC4)ccc3c2)nc1. The van der Waals surface area contributed by atoms with Crippen LogP contribution in [0.4, 0.5) is 5.82 Å². The molecule has 4 rings (SSSR count). The van der Waals surface area contributed by atoms with Gasteiger partial charge in [-0.25, -0.2) is 18.4 Å². The molecule has 1 aliphatic heterocycles. The number of sulfonamides is 1. The highest BCUT2D eigenvalue weighted by Crippen LogP contribution is 2.22. The van der Waals surface area contributed by atoms with E-state index >= 15 is 0 Å². The third-order valence-electron chi connectivity index (χ3n) is 5.74. The molecule has 0 atom stereocenters. The molecule has 0 aliphatic carbocycles. The summed E-state index contributed by atoms with van der Waals surface area (Å²) in [6.07, 6.45) is 4.76. The number of Topliss-reactive ketones (excluding diaryl/α,β-unsaturated/α-hetero) is 1. The van der Waals surface area contributed by atoms with Gasteiger partial charge in [0.05, 0.1) is 22.8 Å². The van der Waals surface area contributed by atoms with Crippen molar-refractivity contribution in [1.82, 2.24) is 14.9 Å². The van der Waals surface area contributed by atoms with E-state index in [2.05, 4.69) is 19.6 Å². The van der Waals surface area contributed by atoms with Gasteiger partial charge >= 0.3 is 0 Å². The number of rotatable bonds is 11. The normalized spacial score (nSPS) is 14.1. The van der Waals surface area contributed by atoms with E-state index in [0.717, 1.165) is 37.8 Å². The Morgan fingerprint density at radius 3 is 2.64 bits per heavy atom. The van der Waals surface area contributed by atoms with Crippen LogP contribution in [0.1, 0.15) is 36.5 Å². The van der Waals surface area contributed by atoms with Gasteiger partial charge in [0.25, 0.3) is 10.0 Å². The second-order valence-electron chi connectivity index (χ2n) is 8.50. The van der Waals surface area contributed by atoms with Gasteiger partial charge in [-0.1, -0.05) is 11.8 Å². The van der Waals surface area contributed by atoms with Crippen LogP contribution in [0.2, 0.25) is 0 Å². The fraction of sp³-hybridized carbons (Fsp3) is 0.360. The van der Waals surface area contributed by atoms with Gasteiger partial charge in [0.15, 0.2) is 10.9 Å². The number of carbonyl (C=O) groups is 2. The molecule has 0 spiro atoms. The first-order valence-corrected chi connectivity index (χ1v) is 14.2. The Morgan fingerprint density at radius 2 is 1.92 bits per heavy atom. The van der Waals surface area contributed by atoms with Crippen molar-refractivity contribution in [3.05, 3.63) is 54.2 Å². The lowest BCUT2D eigenvalue weighted by Crippen LogP contribution is -2.22. The van der Waals surface area contributed by atoms with Crippen LogP contribution in [0.5, 0.6) is 5.88 Å². The molecule has 1 aromatic carbocycles. The number of nitrogens with one attached hydrogen (secondary N) is 1. The van der Waals surface area contributed by atoms with Crippen molar-refractivity contribution in [2.45, 2.75) is 31.1 Å². The first kappa shape index (κ1) is 26.1. The molecule has 9 nitrogen and oxygen atoms in total. The fourth-order valence-corrected chi connectivity index (χ4v) is 5.41. The second kappa shape index (κ2) is 11.8. The summed E-state index contributed by atoms with van der Waals surface area (Å²) in [6.45, 7) is 5.32. The van der Waals surface area contributed by atoms with Crippen LogP contribution >= 0.6 is 11.8 Å². The number of anilines is 1. The monoisotopic (exact) mass is 528 g/mol. The second-order valence-corrected chi connectivity index (χ2v) is 11.3. The van der Waals surface area contributed by atoms with Crippen LogP contribution in [0.15, 0.2) is 53.6 Å². The van der Waals surface area contributed by atoms with Gasteiger partial charge in [0, 0.05) is 36.7 Å². The van der Waals surface area contributed by atoms with E-state index in [0.29, 0.717) is 29.0 Å². The maximum atomic E-state index is 12.9. The number of thioether (sulfide) groups is 1. The Hall–Kier alpha value is -3.02. The molecule has 1 saturated heterocycles. The van der Waals surface area contributed by atoms with Gasteiger partial charge < -0.3 is 9.64 Å². The van der Waals surface area contributed by atoms with E-state index < -0.39 is 10.0 Å². The van der Waals surface area contributed by atoms with Crippen molar-refractivity contribution in [2.75, 3.05) is 36.7 Å². The van der Waals surface area contributed by atoms with Crippen molar-refractivity contribution in [3.63, 3.8) is 0 Å². The highest BCUT2D eigenvalue weighted by molar-refractivity contribution is 8.14. The summed E-state index contributed by atoms with van der Waals surface area (Å²) in [5.74, 6) is 0.354. The van der Waals surface area contributed by atoms with Crippen LogP contribution in [-0.4, -0.2) is 66.2 Å². The number of fused-ring (bicyclic) bond motifs is 1. The molecule has 0 saturated carbocycles. The molecular weight excluding hydrogens is 500 g/mol. The van der Waals surface area contributed by atoms with Gasteiger partial charge in [-0.3, -0.25) is 14.3 Å². The van der Waals surface area contributed by atoms with E-state index in [9.17, 15) is 18.0 Å². The van der Waals surface area contributed by atoms with Gasteiger partial charge in [0.2, 0.25) is 5.88 Å². The summed E-state index contributed by atoms with van der Waals surface area (Å²) in [7, 11) is -3.91. The molecule has 3 aromatic rings. The highest BCUT2D eigenvalue weighted by Gasteiger charge is 2.17. The maximum absolute atomic E-state index is 12.9. The summed E-state index contributed by atoms with van der Waals surface area (Å²) in [4.78, 5) is 34.1. The van der Waals surface area contributed by atoms with Crippen molar-refractivity contribution < 1.29 is 22.7 Å². The third kappa shape index (κ3) is 7.02. The van der Waals surface area contributed by atoms with Crippen LogP contribution in [0.25, 0.3) is 10.9 Å². The van der Waals surface area contributed by atoms with Crippen LogP contribution in [0.3, 0.4) is 0 Å². The Labute approximate surface area is 214 Å². The molecular formula is C25H28N4O5S2. The molecule has 1 fully saturated rings. The van der Waals surface area contributed by atoms with E-state index in [4.69, 9.17) is 4.74 Å². The number of hydrogen-bond donors (Lipinski definition) is 1. The number of aromatic nitrogens is 2. The molecule has 190 valence electrons. The summed E-state index contributed by atoms with van der Waals surface area (Å²) in [5, 5.41) is 0.516. The van der Waals surface area contributed by atoms with Gasteiger partial charge in [-0.2, -0.15) is 0 Å². The minimum absolute atomic E-state index is 0.0125. The van der Waals surface area contributed by atoms with Gasteiger partial charge in [-0.05, 0) is 68.8 Å². The molecule has 36 heavy (non-hydrogen) atoms. The standard InChI is InChI=1S/C25H28N4O5S2/c1-18(30)35-17-23(31)20-5-9-24(26-16-20)28-36(32,33)21-7-8-22-19(15-21)6-10-25(27-22)34-14-4-13-29-11-2-3-12-29/h5-10,15-16H,2-4,11-14,17H2,1H3,(H,26,28). The van der Waals surface area contributed by atoms with Crippen molar-refractivity contribution in [3.8, 4) is 5.88 Å². The largest absolute Gasteiger partial charge is 0.478 e. The number of hydrogen-bond acceptors (Lipinski definition) is 9. The Kier molecular flexibility index (Phi) is 8.55. The quantitative estimate of drug-likeness (QED) is 0.293. The average molecular weight is 529 g/mol. The molecule has 1 aliphatic rings. The predicted molar refractivity (Wildman–Crippen MR) is 140 cm³/mol. The number of ether oxygens (including phenoxy) is 1. The number of nitrogens with zero attached hydrogens (tertiary/aromatic N) is 3. The zero-order valence-electron chi connectivity index (χ0n) is 20.0. The lowest BCUT2D eigenvalue weighted by atomic mass is 10.2. The van der Waals surface area contributed by atoms with E-state index in [-0.39, 0.29) is 27.4 Å². The summed E-state index contributed by atoms with van der Waals surface area (Å²) >= 11 is 0.914. The fourth-order valence-electron chi connectivity index (χ4n) is 3.87. The number of ketones is 1. The molecule has 11 heteroatoms. The zero-order valence-corrected chi connectivity index (χ0v) is 21.6. The first-order valence-electron chi connectivity index (χ1n) is 11.7. The Morgan fingerprint density at radius 1 is 1.11 bits per heavy atom. The maximum Gasteiger partial charge on any atom is 0.263 e. The highest BCUT2D eigenvalue weighted by atomic mass is 32.2.